The Kier molecular flexibility index (Phi) is 4.71. The molecular formula is C14H18N2O. The maximum Gasteiger partial charge on any atom is 0.224 e. The molecule has 0 saturated heterocycles. The van der Waals surface area contributed by atoms with Crippen LogP contribution in [0.4, 0.5) is 0 Å². The van der Waals surface area contributed by atoms with E-state index in [9.17, 15) is 4.79 Å². The second kappa shape index (κ2) is 6.05. The van der Waals surface area contributed by atoms with Gasteiger partial charge in [0, 0.05) is 5.92 Å². The van der Waals surface area contributed by atoms with Gasteiger partial charge in [0.2, 0.25) is 5.91 Å². The molecule has 2 unspecified atom stereocenters. The third-order valence-electron chi connectivity index (χ3n) is 2.98. The van der Waals surface area contributed by atoms with E-state index in [2.05, 4.69) is 11.4 Å². The molecule has 0 aliphatic heterocycles. The molecule has 0 fully saturated rings. The Hall–Kier alpha value is -1.82. The van der Waals surface area contributed by atoms with Crippen molar-refractivity contribution in [3.8, 4) is 6.07 Å². The van der Waals surface area contributed by atoms with E-state index in [-0.39, 0.29) is 11.8 Å². The van der Waals surface area contributed by atoms with Crippen LogP contribution in [0.15, 0.2) is 24.3 Å². The van der Waals surface area contributed by atoms with Crippen LogP contribution in [0.1, 0.15) is 37.4 Å². The summed E-state index contributed by atoms with van der Waals surface area (Å²) >= 11 is 0. The molecule has 17 heavy (non-hydrogen) atoms. The van der Waals surface area contributed by atoms with Crippen LogP contribution in [0.25, 0.3) is 0 Å². The first-order chi connectivity index (χ1) is 8.10. The van der Waals surface area contributed by atoms with Gasteiger partial charge >= 0.3 is 0 Å². The average Bonchev–Trinajstić information content (AvgIpc) is 2.35. The van der Waals surface area contributed by atoms with Gasteiger partial charge in [-0.2, -0.15) is 5.26 Å². The van der Waals surface area contributed by atoms with Crippen molar-refractivity contribution in [3.05, 3.63) is 35.4 Å². The van der Waals surface area contributed by atoms with E-state index in [1.54, 1.807) is 0 Å². The third kappa shape index (κ3) is 3.32. The van der Waals surface area contributed by atoms with E-state index in [0.29, 0.717) is 0 Å². The Bertz CT molecular complexity index is 434. The fraction of sp³-hybridized carbons (Fsp3) is 0.429. The molecule has 90 valence electrons. The number of carbonyl (C=O) groups excluding carboxylic acids is 1. The molecule has 0 aromatic heterocycles. The minimum Gasteiger partial charge on any atom is -0.336 e. The highest BCUT2D eigenvalue weighted by atomic mass is 16.1. The Morgan fingerprint density at radius 3 is 2.65 bits per heavy atom. The summed E-state index contributed by atoms with van der Waals surface area (Å²) < 4.78 is 0. The summed E-state index contributed by atoms with van der Waals surface area (Å²) in [6.07, 6.45) is 0.776. The molecule has 3 nitrogen and oxygen atoms in total. The van der Waals surface area contributed by atoms with Gasteiger partial charge in [-0.15, -0.1) is 0 Å². The minimum absolute atomic E-state index is 0.0603. The SMILES string of the molecule is CCC(C)C(=O)NC(C#N)c1ccccc1C. The molecule has 2 atom stereocenters. The number of nitriles is 1. The van der Waals surface area contributed by atoms with E-state index < -0.39 is 6.04 Å². The van der Waals surface area contributed by atoms with E-state index in [1.807, 2.05) is 45.0 Å². The van der Waals surface area contributed by atoms with Crippen LogP contribution >= 0.6 is 0 Å². The fourth-order valence-corrected chi connectivity index (χ4v) is 1.56. The van der Waals surface area contributed by atoms with E-state index >= 15 is 0 Å². The molecule has 3 heteroatoms. The van der Waals surface area contributed by atoms with Gasteiger partial charge in [-0.25, -0.2) is 0 Å². The molecule has 0 saturated carbocycles. The molecule has 0 bridgehead atoms. The van der Waals surface area contributed by atoms with Crippen molar-refractivity contribution in [1.29, 1.82) is 5.26 Å². The first kappa shape index (κ1) is 13.2. The lowest BCUT2D eigenvalue weighted by Crippen LogP contribution is -2.32. The quantitative estimate of drug-likeness (QED) is 0.864. The smallest absolute Gasteiger partial charge is 0.224 e. The van der Waals surface area contributed by atoms with Gasteiger partial charge in [0.15, 0.2) is 0 Å². The summed E-state index contributed by atoms with van der Waals surface area (Å²) in [5, 5.41) is 11.9. The standard InChI is InChI=1S/C14H18N2O/c1-4-10(2)14(17)16-13(9-15)12-8-6-5-7-11(12)3/h5-8,10,13H,4H2,1-3H3,(H,16,17). The predicted molar refractivity (Wildman–Crippen MR) is 67.1 cm³/mol. The molecule has 1 rings (SSSR count). The zero-order valence-electron chi connectivity index (χ0n) is 10.5. The number of hydrogen-bond acceptors (Lipinski definition) is 2. The second-order valence-corrected chi connectivity index (χ2v) is 4.24. The highest BCUT2D eigenvalue weighted by molar-refractivity contribution is 5.79. The number of carbonyl (C=O) groups is 1. The number of nitrogens with zero attached hydrogens (tertiary/aromatic N) is 1. The van der Waals surface area contributed by atoms with Crippen LogP contribution in [0.2, 0.25) is 0 Å². The van der Waals surface area contributed by atoms with Gasteiger partial charge < -0.3 is 5.32 Å². The highest BCUT2D eigenvalue weighted by Crippen LogP contribution is 2.17. The monoisotopic (exact) mass is 230 g/mol. The maximum atomic E-state index is 11.8. The lowest BCUT2D eigenvalue weighted by atomic mass is 10.0. The van der Waals surface area contributed by atoms with Crippen LogP contribution in [0, 0.1) is 24.2 Å². The lowest BCUT2D eigenvalue weighted by molar-refractivity contribution is -0.125. The summed E-state index contributed by atoms with van der Waals surface area (Å²) in [7, 11) is 0. The molecule has 0 spiro atoms. The molecule has 0 aliphatic carbocycles. The molecule has 1 aromatic rings. The van der Waals surface area contributed by atoms with Gasteiger partial charge in [0.25, 0.3) is 0 Å². The Balaban J connectivity index is 2.84. The highest BCUT2D eigenvalue weighted by Gasteiger charge is 2.18. The van der Waals surface area contributed by atoms with Crippen LogP contribution < -0.4 is 5.32 Å². The Morgan fingerprint density at radius 2 is 2.12 bits per heavy atom. The normalized spacial score (nSPS) is 13.5. The zero-order chi connectivity index (χ0) is 12.8. The number of aryl methyl sites for hydroxylation is 1. The number of nitrogens with one attached hydrogen (secondary N) is 1. The Labute approximate surface area is 102 Å². The van der Waals surface area contributed by atoms with Gasteiger partial charge in [0.1, 0.15) is 6.04 Å². The summed E-state index contributed by atoms with van der Waals surface area (Å²) in [6, 6.07) is 9.19. The van der Waals surface area contributed by atoms with Crippen molar-refractivity contribution in [3.63, 3.8) is 0 Å². The average molecular weight is 230 g/mol. The molecular weight excluding hydrogens is 212 g/mol. The summed E-state index contributed by atoms with van der Waals surface area (Å²) in [4.78, 5) is 11.8. The summed E-state index contributed by atoms with van der Waals surface area (Å²) in [5.74, 6) is -0.128. The molecule has 0 aliphatic rings. The topological polar surface area (TPSA) is 52.9 Å². The number of hydrogen-bond donors (Lipinski definition) is 1. The molecule has 0 heterocycles. The van der Waals surface area contributed by atoms with Crippen LogP contribution in [-0.4, -0.2) is 5.91 Å². The molecule has 0 radical (unpaired) electrons. The first-order valence-electron chi connectivity index (χ1n) is 5.85. The minimum atomic E-state index is -0.558. The van der Waals surface area contributed by atoms with Crippen molar-refractivity contribution in [2.24, 2.45) is 5.92 Å². The van der Waals surface area contributed by atoms with Gasteiger partial charge in [0.05, 0.1) is 6.07 Å². The van der Waals surface area contributed by atoms with Gasteiger partial charge in [-0.3, -0.25) is 4.79 Å². The van der Waals surface area contributed by atoms with Crippen LogP contribution in [0.3, 0.4) is 0 Å². The second-order valence-electron chi connectivity index (χ2n) is 4.24. The van der Waals surface area contributed by atoms with Crippen LogP contribution in [0.5, 0.6) is 0 Å². The summed E-state index contributed by atoms with van der Waals surface area (Å²) in [5.41, 5.74) is 1.88. The van der Waals surface area contributed by atoms with Crippen LogP contribution in [-0.2, 0) is 4.79 Å². The van der Waals surface area contributed by atoms with Crippen molar-refractivity contribution in [1.82, 2.24) is 5.32 Å². The van der Waals surface area contributed by atoms with Crippen molar-refractivity contribution in [2.45, 2.75) is 33.2 Å². The predicted octanol–water partition coefficient (Wildman–Crippen LogP) is 2.72. The molecule has 1 N–H and O–H groups in total. The van der Waals surface area contributed by atoms with E-state index in [1.165, 1.54) is 0 Å². The van der Waals surface area contributed by atoms with Crippen molar-refractivity contribution in [2.75, 3.05) is 0 Å². The lowest BCUT2D eigenvalue weighted by Gasteiger charge is -2.16. The third-order valence-corrected chi connectivity index (χ3v) is 2.98. The number of amides is 1. The van der Waals surface area contributed by atoms with E-state index in [4.69, 9.17) is 5.26 Å². The number of benzene rings is 1. The Morgan fingerprint density at radius 1 is 1.47 bits per heavy atom. The first-order valence-corrected chi connectivity index (χ1v) is 5.85. The summed E-state index contributed by atoms with van der Waals surface area (Å²) in [6.45, 7) is 5.76. The largest absolute Gasteiger partial charge is 0.336 e. The molecule has 1 aromatic carbocycles. The van der Waals surface area contributed by atoms with Gasteiger partial charge in [-0.05, 0) is 24.5 Å². The van der Waals surface area contributed by atoms with Gasteiger partial charge in [-0.1, -0.05) is 38.1 Å². The molecule has 1 amide bonds. The fourth-order valence-electron chi connectivity index (χ4n) is 1.56. The van der Waals surface area contributed by atoms with E-state index in [0.717, 1.165) is 17.5 Å². The van der Waals surface area contributed by atoms with Crippen molar-refractivity contribution >= 4 is 5.91 Å². The van der Waals surface area contributed by atoms with Crippen molar-refractivity contribution < 1.29 is 4.79 Å². The maximum absolute atomic E-state index is 11.8. The zero-order valence-corrected chi connectivity index (χ0v) is 10.5. The number of rotatable bonds is 4.